The summed E-state index contributed by atoms with van der Waals surface area (Å²) in [6.07, 6.45) is 2.67. The van der Waals surface area contributed by atoms with Crippen molar-refractivity contribution in [1.29, 1.82) is 0 Å². The van der Waals surface area contributed by atoms with Crippen LogP contribution < -0.4 is 0 Å². The summed E-state index contributed by atoms with van der Waals surface area (Å²) in [5, 5.41) is 8.48. The van der Waals surface area contributed by atoms with E-state index in [9.17, 15) is 13.2 Å². The number of carboxylic acids is 1. The summed E-state index contributed by atoms with van der Waals surface area (Å²) in [6.45, 7) is 3.53. The normalized spacial score (nSPS) is 25.3. The Kier molecular flexibility index (Phi) is 5.59. The zero-order chi connectivity index (χ0) is 13.8. The number of aliphatic carboxylic acids is 1. The molecule has 0 radical (unpaired) electrons. The van der Waals surface area contributed by atoms with Gasteiger partial charge in [-0.15, -0.1) is 0 Å². The molecule has 0 spiro atoms. The molecular formula is C12H22O5S. The predicted octanol–water partition coefficient (Wildman–Crippen LogP) is 1.47. The van der Waals surface area contributed by atoms with Crippen molar-refractivity contribution in [3.05, 3.63) is 0 Å². The number of rotatable bonds is 6. The Morgan fingerprint density at radius 1 is 1.28 bits per heavy atom. The minimum Gasteiger partial charge on any atom is -0.481 e. The molecule has 1 fully saturated rings. The number of hydrogen-bond donors (Lipinski definition) is 1. The van der Waals surface area contributed by atoms with Crippen LogP contribution in [0.2, 0.25) is 0 Å². The lowest BCUT2D eigenvalue weighted by atomic mass is 9.87. The first-order valence-corrected chi connectivity index (χ1v) is 8.10. The van der Waals surface area contributed by atoms with Crippen LogP contribution in [0.1, 0.15) is 39.5 Å². The van der Waals surface area contributed by atoms with Gasteiger partial charge in [0.2, 0.25) is 0 Å². The van der Waals surface area contributed by atoms with Crippen LogP contribution in [0.3, 0.4) is 0 Å². The average molecular weight is 278 g/mol. The van der Waals surface area contributed by atoms with E-state index in [1.807, 2.05) is 0 Å². The van der Waals surface area contributed by atoms with Crippen molar-refractivity contribution < 1.29 is 23.1 Å². The van der Waals surface area contributed by atoms with Crippen LogP contribution >= 0.6 is 0 Å². The highest BCUT2D eigenvalue weighted by atomic mass is 32.2. The van der Waals surface area contributed by atoms with Crippen molar-refractivity contribution in [3.8, 4) is 0 Å². The summed E-state index contributed by atoms with van der Waals surface area (Å²) in [7, 11) is -3.04. The van der Waals surface area contributed by atoms with Gasteiger partial charge in [-0.05, 0) is 39.5 Å². The molecule has 0 aliphatic heterocycles. The van der Waals surface area contributed by atoms with E-state index in [-0.39, 0.29) is 29.6 Å². The molecular weight excluding hydrogens is 256 g/mol. The maximum atomic E-state index is 11.6. The first-order valence-electron chi connectivity index (χ1n) is 6.39. The predicted molar refractivity (Wildman–Crippen MR) is 68.3 cm³/mol. The molecule has 6 heteroatoms. The van der Waals surface area contributed by atoms with Crippen LogP contribution in [0, 0.1) is 5.92 Å². The number of hydrogen-bond acceptors (Lipinski definition) is 4. The second-order valence-corrected chi connectivity index (χ2v) is 7.78. The van der Waals surface area contributed by atoms with Gasteiger partial charge in [0.15, 0.2) is 9.84 Å². The van der Waals surface area contributed by atoms with Gasteiger partial charge in [0, 0.05) is 0 Å². The minimum atomic E-state index is -3.04. The molecule has 0 unspecified atom stereocenters. The lowest BCUT2D eigenvalue weighted by Gasteiger charge is -2.26. The quantitative estimate of drug-likeness (QED) is 0.795. The Morgan fingerprint density at radius 2 is 1.83 bits per heavy atom. The molecule has 0 bridgehead atoms. The van der Waals surface area contributed by atoms with Gasteiger partial charge in [0.05, 0.1) is 29.6 Å². The number of sulfone groups is 1. The van der Waals surface area contributed by atoms with Gasteiger partial charge in [-0.1, -0.05) is 0 Å². The summed E-state index contributed by atoms with van der Waals surface area (Å²) in [5.41, 5.74) is 0. The van der Waals surface area contributed by atoms with E-state index in [0.717, 1.165) is 0 Å². The number of carboxylic acid groups (broad SMARTS) is 1. The molecule has 0 aromatic heterocycles. The third kappa shape index (κ3) is 4.57. The molecule has 0 heterocycles. The molecule has 0 saturated heterocycles. The third-order valence-electron chi connectivity index (χ3n) is 3.46. The number of ether oxygens (including phenoxy) is 1. The summed E-state index contributed by atoms with van der Waals surface area (Å²) in [4.78, 5) is 10.8. The van der Waals surface area contributed by atoms with Gasteiger partial charge in [0.25, 0.3) is 0 Å². The van der Waals surface area contributed by atoms with E-state index in [2.05, 4.69) is 0 Å². The SMILES string of the molecule is CC(C)S(=O)(=O)CCOC1CCC(C(=O)O)CC1. The van der Waals surface area contributed by atoms with Gasteiger partial charge in [-0.2, -0.15) is 0 Å². The van der Waals surface area contributed by atoms with E-state index in [1.54, 1.807) is 13.8 Å². The maximum absolute atomic E-state index is 11.6. The van der Waals surface area contributed by atoms with Gasteiger partial charge < -0.3 is 9.84 Å². The van der Waals surface area contributed by atoms with Crippen molar-refractivity contribution in [2.24, 2.45) is 5.92 Å². The lowest BCUT2D eigenvalue weighted by molar-refractivity contribution is -0.143. The molecule has 1 aliphatic carbocycles. The van der Waals surface area contributed by atoms with E-state index < -0.39 is 15.8 Å². The van der Waals surface area contributed by atoms with E-state index >= 15 is 0 Å². The molecule has 1 saturated carbocycles. The van der Waals surface area contributed by atoms with Gasteiger partial charge in [-0.25, -0.2) is 8.42 Å². The topological polar surface area (TPSA) is 80.7 Å². The Bertz CT molecular complexity index is 366. The Labute approximate surface area is 108 Å². The standard InChI is InChI=1S/C12H22O5S/c1-9(2)18(15,16)8-7-17-11-5-3-10(4-6-11)12(13)14/h9-11H,3-8H2,1-2H3,(H,13,14). The summed E-state index contributed by atoms with van der Waals surface area (Å²) < 4.78 is 28.6. The summed E-state index contributed by atoms with van der Waals surface area (Å²) >= 11 is 0. The largest absolute Gasteiger partial charge is 0.481 e. The van der Waals surface area contributed by atoms with E-state index in [0.29, 0.717) is 25.7 Å². The molecule has 1 N–H and O–H groups in total. The monoisotopic (exact) mass is 278 g/mol. The highest BCUT2D eigenvalue weighted by molar-refractivity contribution is 7.91. The van der Waals surface area contributed by atoms with Crippen LogP contribution in [-0.2, 0) is 19.4 Å². The van der Waals surface area contributed by atoms with Crippen LogP contribution in [-0.4, -0.2) is 43.2 Å². The van der Waals surface area contributed by atoms with Gasteiger partial charge in [0.1, 0.15) is 0 Å². The zero-order valence-corrected chi connectivity index (χ0v) is 11.8. The van der Waals surface area contributed by atoms with Crippen molar-refractivity contribution in [2.75, 3.05) is 12.4 Å². The molecule has 0 aromatic carbocycles. The smallest absolute Gasteiger partial charge is 0.306 e. The van der Waals surface area contributed by atoms with Crippen LogP contribution in [0.5, 0.6) is 0 Å². The molecule has 1 rings (SSSR count). The number of carbonyl (C=O) groups is 1. The van der Waals surface area contributed by atoms with E-state index in [1.165, 1.54) is 0 Å². The third-order valence-corrected chi connectivity index (χ3v) is 5.64. The van der Waals surface area contributed by atoms with Crippen LogP contribution in [0.4, 0.5) is 0 Å². The molecule has 18 heavy (non-hydrogen) atoms. The van der Waals surface area contributed by atoms with Crippen LogP contribution in [0.25, 0.3) is 0 Å². The Balaban J connectivity index is 2.25. The molecule has 106 valence electrons. The van der Waals surface area contributed by atoms with Gasteiger partial charge >= 0.3 is 5.97 Å². The lowest BCUT2D eigenvalue weighted by Crippen LogP contribution is -2.28. The van der Waals surface area contributed by atoms with E-state index in [4.69, 9.17) is 9.84 Å². The van der Waals surface area contributed by atoms with Crippen LogP contribution in [0.15, 0.2) is 0 Å². The molecule has 5 nitrogen and oxygen atoms in total. The van der Waals surface area contributed by atoms with Crippen molar-refractivity contribution in [1.82, 2.24) is 0 Å². The van der Waals surface area contributed by atoms with Crippen molar-refractivity contribution in [2.45, 2.75) is 50.9 Å². The summed E-state index contributed by atoms with van der Waals surface area (Å²) in [6, 6.07) is 0. The maximum Gasteiger partial charge on any atom is 0.306 e. The highest BCUT2D eigenvalue weighted by Crippen LogP contribution is 2.26. The molecule has 1 aliphatic rings. The average Bonchev–Trinajstić information content (AvgIpc) is 2.29. The fourth-order valence-electron chi connectivity index (χ4n) is 2.04. The summed E-state index contributed by atoms with van der Waals surface area (Å²) in [5.74, 6) is -0.955. The fourth-order valence-corrected chi connectivity index (χ4v) is 2.84. The van der Waals surface area contributed by atoms with Gasteiger partial charge in [-0.3, -0.25) is 4.79 Å². The second-order valence-electron chi connectivity index (χ2n) is 5.10. The molecule has 0 atom stereocenters. The highest BCUT2D eigenvalue weighted by Gasteiger charge is 2.26. The van der Waals surface area contributed by atoms with Crippen molar-refractivity contribution >= 4 is 15.8 Å². The minimum absolute atomic E-state index is 0.0166. The second kappa shape index (κ2) is 6.52. The zero-order valence-electron chi connectivity index (χ0n) is 11.0. The van der Waals surface area contributed by atoms with Crippen molar-refractivity contribution in [3.63, 3.8) is 0 Å². The first kappa shape index (κ1) is 15.4. The molecule has 0 amide bonds. The molecule has 0 aromatic rings. The Hall–Kier alpha value is -0.620. The fraction of sp³-hybridized carbons (Fsp3) is 0.917. The Morgan fingerprint density at radius 3 is 2.28 bits per heavy atom. The first-order chi connectivity index (χ1) is 8.33.